The molecule has 0 spiro atoms. The maximum Gasteiger partial charge on any atom is 0.238 e. The van der Waals surface area contributed by atoms with E-state index < -0.39 is 10.0 Å². The average molecular weight is 398 g/mol. The van der Waals surface area contributed by atoms with Crippen LogP contribution in [0.3, 0.4) is 0 Å². The Morgan fingerprint density at radius 2 is 1.64 bits per heavy atom. The third-order valence-corrected chi connectivity index (χ3v) is 5.05. The molecule has 3 rings (SSSR count). The van der Waals surface area contributed by atoms with Crippen LogP contribution in [0.15, 0.2) is 65.6 Å². The van der Waals surface area contributed by atoms with Gasteiger partial charge in [-0.3, -0.25) is 0 Å². The molecule has 0 aliphatic carbocycles. The van der Waals surface area contributed by atoms with E-state index in [1.807, 2.05) is 31.2 Å². The monoisotopic (exact) mass is 397 g/mol. The summed E-state index contributed by atoms with van der Waals surface area (Å²) in [5.41, 5.74) is 3.04. The van der Waals surface area contributed by atoms with Gasteiger partial charge >= 0.3 is 0 Å². The van der Waals surface area contributed by atoms with Crippen LogP contribution >= 0.6 is 0 Å². The molecule has 3 aromatic rings. The van der Waals surface area contributed by atoms with Crippen molar-refractivity contribution in [1.29, 1.82) is 0 Å². The zero-order valence-electron chi connectivity index (χ0n) is 15.6. The Labute approximate surface area is 165 Å². The van der Waals surface area contributed by atoms with Crippen molar-refractivity contribution in [3.8, 4) is 0 Å². The minimum Gasteiger partial charge on any atom is -0.366 e. The summed E-state index contributed by atoms with van der Waals surface area (Å²) in [6.07, 6.45) is 0.703. The quantitative estimate of drug-likeness (QED) is 0.539. The predicted molar refractivity (Wildman–Crippen MR) is 111 cm³/mol. The minimum atomic E-state index is -3.66. The summed E-state index contributed by atoms with van der Waals surface area (Å²) in [7, 11) is -3.66. The number of nitrogens with one attached hydrogen (secondary N) is 2. The largest absolute Gasteiger partial charge is 0.366 e. The first-order valence-electron chi connectivity index (χ1n) is 8.89. The van der Waals surface area contributed by atoms with Crippen molar-refractivity contribution < 1.29 is 8.42 Å². The number of hydrogen-bond donors (Lipinski definition) is 3. The van der Waals surface area contributed by atoms with Gasteiger partial charge in [0.2, 0.25) is 16.0 Å². The van der Waals surface area contributed by atoms with Crippen molar-refractivity contribution in [3.63, 3.8) is 0 Å². The Kier molecular flexibility index (Phi) is 6.23. The zero-order valence-corrected chi connectivity index (χ0v) is 16.4. The molecule has 1 heterocycles. The number of rotatable bonds is 8. The Morgan fingerprint density at radius 1 is 0.929 bits per heavy atom. The normalized spacial score (nSPS) is 11.2. The molecule has 0 aliphatic rings. The third-order valence-electron chi connectivity index (χ3n) is 4.12. The number of anilines is 2. The van der Waals surface area contributed by atoms with Crippen LogP contribution in [0.25, 0.3) is 0 Å². The van der Waals surface area contributed by atoms with E-state index in [1.54, 1.807) is 12.1 Å². The molecular weight excluding hydrogens is 374 g/mol. The number of sulfonamides is 1. The molecule has 0 amide bonds. The van der Waals surface area contributed by atoms with E-state index in [0.717, 1.165) is 17.1 Å². The summed E-state index contributed by atoms with van der Waals surface area (Å²) in [6, 6.07) is 18.6. The van der Waals surface area contributed by atoms with Crippen LogP contribution in [-0.4, -0.2) is 24.9 Å². The highest BCUT2D eigenvalue weighted by molar-refractivity contribution is 7.89. The predicted octanol–water partition coefficient (Wildman–Crippen LogP) is 2.70. The molecule has 1 aromatic heterocycles. The molecular formula is C20H23N5O2S. The van der Waals surface area contributed by atoms with Gasteiger partial charge in [0.15, 0.2) is 0 Å². The summed E-state index contributed by atoms with van der Waals surface area (Å²) < 4.78 is 22.6. The molecule has 0 aliphatic heterocycles. The third kappa shape index (κ3) is 5.77. The highest BCUT2D eigenvalue weighted by atomic mass is 32.2. The standard InChI is InChI=1S/C20H23N5O2S/c1-15-13-19(23-14-17-5-3-2-4-6-17)25-20(24-15)22-12-11-16-7-9-18(10-8-16)28(21,26)27/h2-10,13H,11-12,14H2,1H3,(H2,21,26,27)(H2,22,23,24,25). The van der Waals surface area contributed by atoms with Crippen LogP contribution in [0.2, 0.25) is 0 Å². The topological polar surface area (TPSA) is 110 Å². The number of hydrogen-bond acceptors (Lipinski definition) is 6. The molecule has 2 aromatic carbocycles. The highest BCUT2D eigenvalue weighted by Crippen LogP contribution is 2.12. The summed E-state index contributed by atoms with van der Waals surface area (Å²) in [5, 5.41) is 11.6. The lowest BCUT2D eigenvalue weighted by Gasteiger charge is -2.10. The SMILES string of the molecule is Cc1cc(NCc2ccccc2)nc(NCCc2ccc(S(N)(=O)=O)cc2)n1. The molecule has 0 saturated carbocycles. The molecule has 7 nitrogen and oxygen atoms in total. The molecule has 28 heavy (non-hydrogen) atoms. The van der Waals surface area contributed by atoms with E-state index in [2.05, 4.69) is 32.7 Å². The molecule has 0 atom stereocenters. The van der Waals surface area contributed by atoms with Crippen LogP contribution < -0.4 is 15.8 Å². The first kappa shape index (κ1) is 19.8. The average Bonchev–Trinajstić information content (AvgIpc) is 2.67. The van der Waals surface area contributed by atoms with Crippen molar-refractivity contribution in [2.45, 2.75) is 24.8 Å². The number of aromatic nitrogens is 2. The molecule has 4 N–H and O–H groups in total. The van der Waals surface area contributed by atoms with Crippen molar-refractivity contribution >= 4 is 21.8 Å². The second kappa shape index (κ2) is 8.81. The van der Waals surface area contributed by atoms with Crippen LogP contribution in [-0.2, 0) is 23.0 Å². The molecule has 146 valence electrons. The molecule has 0 radical (unpaired) electrons. The van der Waals surface area contributed by atoms with Gasteiger partial charge in [-0.15, -0.1) is 0 Å². The molecule has 0 fully saturated rings. The Bertz CT molecular complexity index is 1020. The Balaban J connectivity index is 1.56. The number of benzene rings is 2. The summed E-state index contributed by atoms with van der Waals surface area (Å²) >= 11 is 0. The minimum absolute atomic E-state index is 0.111. The fourth-order valence-corrected chi connectivity index (χ4v) is 3.21. The lowest BCUT2D eigenvalue weighted by Crippen LogP contribution is -2.12. The Hall–Kier alpha value is -2.97. The van der Waals surface area contributed by atoms with E-state index in [-0.39, 0.29) is 4.90 Å². The Morgan fingerprint density at radius 3 is 2.32 bits per heavy atom. The smallest absolute Gasteiger partial charge is 0.238 e. The second-order valence-electron chi connectivity index (χ2n) is 6.42. The lowest BCUT2D eigenvalue weighted by molar-refractivity contribution is 0.598. The number of nitrogens with two attached hydrogens (primary N) is 1. The van der Waals surface area contributed by atoms with Crippen LogP contribution in [0.4, 0.5) is 11.8 Å². The van der Waals surface area contributed by atoms with Gasteiger partial charge in [0.1, 0.15) is 5.82 Å². The number of aryl methyl sites for hydroxylation is 1. The molecule has 0 bridgehead atoms. The maximum absolute atomic E-state index is 11.3. The van der Waals surface area contributed by atoms with Crippen molar-refractivity contribution in [1.82, 2.24) is 9.97 Å². The van der Waals surface area contributed by atoms with Crippen molar-refractivity contribution in [2.24, 2.45) is 5.14 Å². The summed E-state index contributed by atoms with van der Waals surface area (Å²) in [6.45, 7) is 3.23. The van der Waals surface area contributed by atoms with Gasteiger partial charge in [0, 0.05) is 24.8 Å². The molecule has 0 unspecified atom stereocenters. The van der Waals surface area contributed by atoms with E-state index in [9.17, 15) is 8.42 Å². The maximum atomic E-state index is 11.3. The van der Waals surface area contributed by atoms with Crippen molar-refractivity contribution in [3.05, 3.63) is 77.5 Å². The van der Waals surface area contributed by atoms with Gasteiger partial charge in [0.25, 0.3) is 0 Å². The fraction of sp³-hybridized carbons (Fsp3) is 0.200. The highest BCUT2D eigenvalue weighted by Gasteiger charge is 2.07. The zero-order chi connectivity index (χ0) is 20.0. The van der Waals surface area contributed by atoms with E-state index in [1.165, 1.54) is 17.7 Å². The van der Waals surface area contributed by atoms with Crippen LogP contribution in [0, 0.1) is 6.92 Å². The number of primary sulfonamides is 1. The summed E-state index contributed by atoms with van der Waals surface area (Å²) in [4.78, 5) is 9.02. The van der Waals surface area contributed by atoms with E-state index >= 15 is 0 Å². The number of nitrogens with zero attached hydrogens (tertiary/aromatic N) is 2. The molecule has 0 saturated heterocycles. The van der Waals surface area contributed by atoms with Crippen molar-refractivity contribution in [2.75, 3.05) is 17.2 Å². The van der Waals surface area contributed by atoms with Gasteiger partial charge in [-0.2, -0.15) is 4.98 Å². The van der Waals surface area contributed by atoms with Crippen LogP contribution in [0.5, 0.6) is 0 Å². The van der Waals surface area contributed by atoms with Gasteiger partial charge in [-0.25, -0.2) is 18.5 Å². The first-order chi connectivity index (χ1) is 13.4. The van der Waals surface area contributed by atoms with Gasteiger partial charge in [0.05, 0.1) is 4.90 Å². The lowest BCUT2D eigenvalue weighted by atomic mass is 10.1. The fourth-order valence-electron chi connectivity index (χ4n) is 2.69. The molecule has 8 heteroatoms. The van der Waals surface area contributed by atoms with Gasteiger partial charge in [-0.05, 0) is 36.6 Å². The first-order valence-corrected chi connectivity index (χ1v) is 10.4. The second-order valence-corrected chi connectivity index (χ2v) is 7.98. The van der Waals surface area contributed by atoms with Gasteiger partial charge in [-0.1, -0.05) is 42.5 Å². The summed E-state index contributed by atoms with van der Waals surface area (Å²) in [5.74, 6) is 1.31. The van der Waals surface area contributed by atoms with Gasteiger partial charge < -0.3 is 10.6 Å². The van der Waals surface area contributed by atoms with E-state index in [4.69, 9.17) is 5.14 Å². The van der Waals surface area contributed by atoms with E-state index in [0.29, 0.717) is 25.5 Å². The van der Waals surface area contributed by atoms with Crippen LogP contribution in [0.1, 0.15) is 16.8 Å².